The van der Waals surface area contributed by atoms with E-state index >= 15 is 0 Å². The lowest BCUT2D eigenvalue weighted by Gasteiger charge is -2.27. The van der Waals surface area contributed by atoms with Crippen molar-refractivity contribution in [3.63, 3.8) is 0 Å². The van der Waals surface area contributed by atoms with Gasteiger partial charge in [-0.3, -0.25) is 0 Å². The molecule has 0 amide bonds. The summed E-state index contributed by atoms with van der Waals surface area (Å²) in [5, 5.41) is 5.16. The van der Waals surface area contributed by atoms with Gasteiger partial charge < -0.3 is 5.32 Å². The summed E-state index contributed by atoms with van der Waals surface area (Å²) in [5.41, 5.74) is 0. The van der Waals surface area contributed by atoms with Gasteiger partial charge in [-0.2, -0.15) is 4.31 Å². The molecule has 4 nitrogen and oxygen atoms in total. The average Bonchev–Trinajstić information content (AvgIpc) is 2.80. The number of rotatable bonds is 2. The van der Waals surface area contributed by atoms with Gasteiger partial charge in [0.1, 0.15) is 0 Å². The van der Waals surface area contributed by atoms with Crippen LogP contribution in [0.15, 0.2) is 47.4 Å². The first-order valence-electron chi connectivity index (χ1n) is 7.90. The monoisotopic (exact) mass is 316 g/mol. The minimum Gasteiger partial charge on any atom is -0.315 e. The summed E-state index contributed by atoms with van der Waals surface area (Å²) < 4.78 is 28.4. The molecule has 2 bridgehead atoms. The molecule has 2 heterocycles. The van der Waals surface area contributed by atoms with Crippen molar-refractivity contribution >= 4 is 20.8 Å². The van der Waals surface area contributed by atoms with E-state index in [0.717, 1.165) is 43.1 Å². The zero-order chi connectivity index (χ0) is 15.2. The molecule has 2 aliphatic heterocycles. The fraction of sp³-hybridized carbons (Fsp3) is 0.412. The standard InChI is InChI=1S/C17H20N2O2S/c20-22(21,19-14-8-9-15(19)12-18-11-10-14)17-7-3-5-13-4-1-2-6-16(13)17/h1-7,14-15,18H,8-12H2. The lowest BCUT2D eigenvalue weighted by atomic mass is 10.1. The summed E-state index contributed by atoms with van der Waals surface area (Å²) in [6.45, 7) is 1.67. The molecule has 116 valence electrons. The molecule has 2 saturated heterocycles. The van der Waals surface area contributed by atoms with Crippen molar-refractivity contribution in [3.05, 3.63) is 42.5 Å². The Hall–Kier alpha value is -1.43. The van der Waals surface area contributed by atoms with E-state index in [4.69, 9.17) is 0 Å². The second-order valence-electron chi connectivity index (χ2n) is 6.19. The van der Waals surface area contributed by atoms with Gasteiger partial charge in [0.25, 0.3) is 0 Å². The lowest BCUT2D eigenvalue weighted by Crippen LogP contribution is -2.42. The minimum absolute atomic E-state index is 0.0940. The summed E-state index contributed by atoms with van der Waals surface area (Å²) >= 11 is 0. The number of fused-ring (bicyclic) bond motifs is 3. The van der Waals surface area contributed by atoms with Gasteiger partial charge in [-0.05, 0) is 37.3 Å². The summed E-state index contributed by atoms with van der Waals surface area (Å²) in [6, 6.07) is 13.5. The first-order valence-corrected chi connectivity index (χ1v) is 9.34. The van der Waals surface area contributed by atoms with Crippen LogP contribution in [-0.2, 0) is 10.0 Å². The predicted octanol–water partition coefficient (Wildman–Crippen LogP) is 2.35. The number of nitrogens with zero attached hydrogens (tertiary/aromatic N) is 1. The van der Waals surface area contributed by atoms with Gasteiger partial charge in [0, 0.05) is 24.0 Å². The Bertz CT molecular complexity index is 784. The molecule has 2 aromatic rings. The fourth-order valence-electron chi connectivity index (χ4n) is 3.87. The Morgan fingerprint density at radius 2 is 1.73 bits per heavy atom. The summed E-state index contributed by atoms with van der Waals surface area (Å²) in [4.78, 5) is 0.449. The van der Waals surface area contributed by atoms with Crippen LogP contribution in [0, 0.1) is 0 Å². The SMILES string of the molecule is O=S(=O)(c1cccc2ccccc12)N1C2CCNCC1CC2. The zero-order valence-corrected chi connectivity index (χ0v) is 13.2. The van der Waals surface area contributed by atoms with Crippen molar-refractivity contribution in [2.24, 2.45) is 0 Å². The van der Waals surface area contributed by atoms with Crippen LogP contribution in [0.2, 0.25) is 0 Å². The molecule has 2 aliphatic rings. The highest BCUT2D eigenvalue weighted by atomic mass is 32.2. The van der Waals surface area contributed by atoms with Crippen molar-refractivity contribution in [3.8, 4) is 0 Å². The maximum Gasteiger partial charge on any atom is 0.244 e. The lowest BCUT2D eigenvalue weighted by molar-refractivity contribution is 0.335. The number of nitrogens with one attached hydrogen (secondary N) is 1. The first kappa shape index (κ1) is 14.2. The highest BCUT2D eigenvalue weighted by Crippen LogP contribution is 2.35. The van der Waals surface area contributed by atoms with E-state index in [1.165, 1.54) is 0 Å². The van der Waals surface area contributed by atoms with Gasteiger partial charge in [0.15, 0.2) is 0 Å². The van der Waals surface area contributed by atoms with Crippen LogP contribution in [-0.4, -0.2) is 37.9 Å². The number of hydrogen-bond donors (Lipinski definition) is 1. The van der Waals surface area contributed by atoms with Crippen LogP contribution in [0.1, 0.15) is 19.3 Å². The van der Waals surface area contributed by atoms with Crippen molar-refractivity contribution in [2.45, 2.75) is 36.2 Å². The molecule has 2 unspecified atom stereocenters. The van der Waals surface area contributed by atoms with E-state index in [1.54, 1.807) is 10.4 Å². The third kappa shape index (κ3) is 2.16. The van der Waals surface area contributed by atoms with Gasteiger partial charge in [-0.25, -0.2) is 8.42 Å². The van der Waals surface area contributed by atoms with E-state index < -0.39 is 10.0 Å². The molecule has 2 atom stereocenters. The molecule has 22 heavy (non-hydrogen) atoms. The molecule has 2 aromatic carbocycles. The molecule has 4 rings (SSSR count). The molecule has 2 fully saturated rings. The Morgan fingerprint density at radius 3 is 2.64 bits per heavy atom. The van der Waals surface area contributed by atoms with Crippen LogP contribution >= 0.6 is 0 Å². The molecular formula is C17H20N2O2S. The number of hydrogen-bond acceptors (Lipinski definition) is 3. The predicted molar refractivity (Wildman–Crippen MR) is 87.3 cm³/mol. The highest BCUT2D eigenvalue weighted by Gasteiger charge is 2.43. The van der Waals surface area contributed by atoms with Gasteiger partial charge >= 0.3 is 0 Å². The molecule has 0 spiro atoms. The van der Waals surface area contributed by atoms with Gasteiger partial charge in [0.05, 0.1) is 4.90 Å². The molecule has 0 radical (unpaired) electrons. The number of benzene rings is 2. The summed E-state index contributed by atoms with van der Waals surface area (Å²) in [7, 11) is -3.45. The van der Waals surface area contributed by atoms with E-state index in [-0.39, 0.29) is 12.1 Å². The molecule has 1 N–H and O–H groups in total. The minimum atomic E-state index is -3.45. The molecular weight excluding hydrogens is 296 g/mol. The summed E-state index contributed by atoms with van der Waals surface area (Å²) in [5.74, 6) is 0. The van der Waals surface area contributed by atoms with Crippen molar-refractivity contribution in [1.29, 1.82) is 0 Å². The Morgan fingerprint density at radius 1 is 0.955 bits per heavy atom. The molecule has 5 heteroatoms. The van der Waals surface area contributed by atoms with E-state index in [0.29, 0.717) is 4.90 Å². The average molecular weight is 316 g/mol. The van der Waals surface area contributed by atoms with Crippen molar-refractivity contribution in [2.75, 3.05) is 13.1 Å². The quantitative estimate of drug-likeness (QED) is 0.925. The second-order valence-corrected chi connectivity index (χ2v) is 8.00. The van der Waals surface area contributed by atoms with Crippen LogP contribution in [0.5, 0.6) is 0 Å². The van der Waals surface area contributed by atoms with Gasteiger partial charge in [-0.15, -0.1) is 0 Å². The smallest absolute Gasteiger partial charge is 0.244 e. The zero-order valence-electron chi connectivity index (χ0n) is 12.4. The van der Waals surface area contributed by atoms with Crippen LogP contribution < -0.4 is 5.32 Å². The molecule has 0 aliphatic carbocycles. The van der Waals surface area contributed by atoms with Crippen molar-refractivity contribution in [1.82, 2.24) is 9.62 Å². The van der Waals surface area contributed by atoms with E-state index in [2.05, 4.69) is 5.32 Å². The third-order valence-electron chi connectivity index (χ3n) is 4.89. The maximum absolute atomic E-state index is 13.3. The van der Waals surface area contributed by atoms with Crippen LogP contribution in [0.25, 0.3) is 10.8 Å². The number of sulfonamides is 1. The topological polar surface area (TPSA) is 49.4 Å². The normalized spacial score (nSPS) is 26.2. The van der Waals surface area contributed by atoms with Crippen molar-refractivity contribution < 1.29 is 8.42 Å². The second kappa shape index (κ2) is 5.33. The van der Waals surface area contributed by atoms with Gasteiger partial charge in [0.2, 0.25) is 10.0 Å². The van der Waals surface area contributed by atoms with Crippen LogP contribution in [0.4, 0.5) is 0 Å². The Labute approximate surface area is 131 Å². The van der Waals surface area contributed by atoms with Crippen LogP contribution in [0.3, 0.4) is 0 Å². The maximum atomic E-state index is 13.3. The summed E-state index contributed by atoms with van der Waals surface area (Å²) in [6.07, 6.45) is 2.85. The fourth-order valence-corrected chi connectivity index (χ4v) is 5.98. The van der Waals surface area contributed by atoms with Gasteiger partial charge in [-0.1, -0.05) is 36.4 Å². The Kier molecular flexibility index (Phi) is 3.44. The molecule has 0 saturated carbocycles. The first-order chi connectivity index (χ1) is 10.7. The van der Waals surface area contributed by atoms with E-state index in [9.17, 15) is 8.42 Å². The molecule has 0 aromatic heterocycles. The largest absolute Gasteiger partial charge is 0.315 e. The van der Waals surface area contributed by atoms with E-state index in [1.807, 2.05) is 36.4 Å². The third-order valence-corrected chi connectivity index (χ3v) is 6.96. The highest BCUT2D eigenvalue weighted by molar-refractivity contribution is 7.89. The Balaban J connectivity index is 1.86.